The summed E-state index contributed by atoms with van der Waals surface area (Å²) in [5.41, 5.74) is 5.42. The third-order valence-electron chi connectivity index (χ3n) is 1.41. The molecule has 0 fully saturated rings. The van der Waals surface area contributed by atoms with Crippen molar-refractivity contribution in [1.82, 2.24) is 0 Å². The van der Waals surface area contributed by atoms with E-state index in [0.29, 0.717) is 5.92 Å². The summed E-state index contributed by atoms with van der Waals surface area (Å²) < 4.78 is 1.94. The molecule has 0 aliphatic carbocycles. The maximum Gasteiger partial charge on any atom is 0.142 e. The van der Waals surface area contributed by atoms with Gasteiger partial charge >= 0.3 is 0 Å². The van der Waals surface area contributed by atoms with Crippen molar-refractivity contribution in [3.8, 4) is 0 Å². The molecule has 9 heavy (non-hydrogen) atoms. The maximum absolute atomic E-state index is 5.42. The van der Waals surface area contributed by atoms with Crippen molar-refractivity contribution in [2.24, 2.45) is 11.7 Å². The molecule has 0 aromatic carbocycles. The Hall–Kier alpha value is -0.370. The highest BCUT2D eigenvalue weighted by Gasteiger charge is 2.00. The van der Waals surface area contributed by atoms with Gasteiger partial charge < -0.3 is 5.73 Å². The van der Waals surface area contributed by atoms with Crippen LogP contribution in [-0.2, 0) is 0 Å². The van der Waals surface area contributed by atoms with Gasteiger partial charge in [-0.1, -0.05) is 6.92 Å². The van der Waals surface area contributed by atoms with Gasteiger partial charge in [0.25, 0.3) is 0 Å². The molecule has 2 nitrogen and oxygen atoms in total. The Morgan fingerprint density at radius 3 is 2.56 bits per heavy atom. The van der Waals surface area contributed by atoms with E-state index in [1.54, 1.807) is 0 Å². The lowest BCUT2D eigenvalue weighted by molar-refractivity contribution is -0.489. The number of nitrogens with zero attached hydrogens (tertiary/aromatic N) is 1. The van der Waals surface area contributed by atoms with Crippen LogP contribution in [0.3, 0.4) is 0 Å². The van der Waals surface area contributed by atoms with Gasteiger partial charge in [-0.2, -0.15) is 0 Å². The van der Waals surface area contributed by atoms with Crippen molar-refractivity contribution in [2.45, 2.75) is 13.3 Å². The van der Waals surface area contributed by atoms with E-state index in [-0.39, 0.29) is 0 Å². The molecular formula is C7H17N2+. The lowest BCUT2D eigenvalue weighted by Crippen LogP contribution is -2.15. The van der Waals surface area contributed by atoms with Crippen LogP contribution in [-0.4, -0.2) is 31.4 Å². The molecule has 0 aliphatic heterocycles. The summed E-state index contributed by atoms with van der Waals surface area (Å²) in [4.78, 5) is 0. The van der Waals surface area contributed by atoms with Crippen LogP contribution < -0.4 is 5.73 Å². The minimum Gasteiger partial charge on any atom is -0.330 e. The van der Waals surface area contributed by atoms with Crippen molar-refractivity contribution in [3.63, 3.8) is 0 Å². The Bertz CT molecular complexity index is 88.9. The van der Waals surface area contributed by atoms with E-state index in [1.807, 2.05) is 11.6 Å². The smallest absolute Gasteiger partial charge is 0.142 e. The largest absolute Gasteiger partial charge is 0.330 e. The van der Waals surface area contributed by atoms with Crippen LogP contribution in [0.4, 0.5) is 0 Å². The molecule has 0 aromatic rings. The monoisotopic (exact) mass is 129 g/mol. The Morgan fingerprint density at radius 2 is 2.22 bits per heavy atom. The molecule has 0 radical (unpaired) electrons. The van der Waals surface area contributed by atoms with E-state index in [0.717, 1.165) is 19.5 Å². The summed E-state index contributed by atoms with van der Waals surface area (Å²) in [6.07, 6.45) is 1.15. The van der Waals surface area contributed by atoms with Gasteiger partial charge in [-0.25, -0.2) is 4.58 Å². The van der Waals surface area contributed by atoms with Crippen molar-refractivity contribution >= 4 is 6.72 Å². The molecule has 0 aromatic heterocycles. The van der Waals surface area contributed by atoms with E-state index in [1.165, 1.54) is 0 Å². The van der Waals surface area contributed by atoms with Crippen molar-refractivity contribution in [2.75, 3.05) is 20.1 Å². The van der Waals surface area contributed by atoms with Gasteiger partial charge in [-0.15, -0.1) is 0 Å². The number of nitrogens with two attached hydrogens (primary N) is 1. The zero-order valence-corrected chi connectivity index (χ0v) is 6.43. The Morgan fingerprint density at radius 1 is 1.67 bits per heavy atom. The van der Waals surface area contributed by atoms with Gasteiger partial charge in [0.15, 0.2) is 0 Å². The fraction of sp³-hybridized carbons (Fsp3) is 0.857. The zero-order valence-electron chi connectivity index (χ0n) is 6.43. The molecule has 1 atom stereocenters. The summed E-state index contributed by atoms with van der Waals surface area (Å²) in [6, 6.07) is 0. The Kier molecular flexibility index (Phi) is 4.32. The molecule has 0 rings (SSSR count). The normalized spacial score (nSPS) is 13.2. The van der Waals surface area contributed by atoms with E-state index in [4.69, 9.17) is 5.73 Å². The predicted octanol–water partition coefficient (Wildman–Crippen LogP) is 0.314. The molecule has 0 bridgehead atoms. The standard InChI is InChI=1S/C7H17N2/c1-7(6-8)4-5-9(2)3/h7H,2,4-6,8H2,1,3H3/q+1. The second-order valence-corrected chi connectivity index (χ2v) is 2.71. The fourth-order valence-corrected chi connectivity index (χ4v) is 0.559. The van der Waals surface area contributed by atoms with Crippen LogP contribution in [0, 0.1) is 5.92 Å². The topological polar surface area (TPSA) is 29.0 Å². The molecule has 0 saturated heterocycles. The average molecular weight is 129 g/mol. The lowest BCUT2D eigenvalue weighted by atomic mass is 10.1. The highest BCUT2D eigenvalue weighted by atomic mass is 14.9. The first-order chi connectivity index (χ1) is 4.16. The summed E-state index contributed by atoms with van der Waals surface area (Å²) in [5.74, 6) is 0.634. The first-order valence-corrected chi connectivity index (χ1v) is 3.38. The molecule has 0 heterocycles. The van der Waals surface area contributed by atoms with Gasteiger partial charge in [-0.3, -0.25) is 0 Å². The van der Waals surface area contributed by atoms with Crippen LogP contribution in [0.15, 0.2) is 0 Å². The molecule has 0 aliphatic rings. The van der Waals surface area contributed by atoms with Crippen molar-refractivity contribution < 1.29 is 4.58 Å². The maximum atomic E-state index is 5.42. The summed E-state index contributed by atoms with van der Waals surface area (Å²) in [7, 11) is 1.98. The minimum absolute atomic E-state index is 0.634. The van der Waals surface area contributed by atoms with Crippen LogP contribution in [0.1, 0.15) is 13.3 Å². The second-order valence-electron chi connectivity index (χ2n) is 2.71. The summed E-state index contributed by atoms with van der Waals surface area (Å²) in [5, 5.41) is 0. The van der Waals surface area contributed by atoms with E-state index >= 15 is 0 Å². The van der Waals surface area contributed by atoms with Crippen molar-refractivity contribution in [1.29, 1.82) is 0 Å². The van der Waals surface area contributed by atoms with E-state index in [9.17, 15) is 0 Å². The van der Waals surface area contributed by atoms with Gasteiger partial charge in [0.2, 0.25) is 0 Å². The molecule has 0 amide bonds. The average Bonchev–Trinajstić information content (AvgIpc) is 1.83. The molecular weight excluding hydrogens is 112 g/mol. The quantitative estimate of drug-likeness (QED) is 0.429. The van der Waals surface area contributed by atoms with Crippen LogP contribution >= 0.6 is 0 Å². The first kappa shape index (κ1) is 8.63. The summed E-state index contributed by atoms with van der Waals surface area (Å²) >= 11 is 0. The van der Waals surface area contributed by atoms with E-state index < -0.39 is 0 Å². The Labute approximate surface area is 57.4 Å². The molecule has 2 N–H and O–H groups in total. The number of hydrogen-bond donors (Lipinski definition) is 1. The molecule has 1 unspecified atom stereocenters. The number of hydrogen-bond acceptors (Lipinski definition) is 1. The molecule has 0 saturated carbocycles. The van der Waals surface area contributed by atoms with Crippen LogP contribution in [0.25, 0.3) is 0 Å². The zero-order chi connectivity index (χ0) is 7.28. The molecule has 2 heteroatoms. The fourth-order valence-electron chi connectivity index (χ4n) is 0.559. The predicted molar refractivity (Wildman–Crippen MR) is 41.0 cm³/mol. The lowest BCUT2D eigenvalue weighted by Gasteiger charge is -2.03. The van der Waals surface area contributed by atoms with Gasteiger partial charge in [0.1, 0.15) is 20.3 Å². The number of rotatable bonds is 4. The second kappa shape index (κ2) is 4.50. The summed E-state index contributed by atoms with van der Waals surface area (Å²) in [6.45, 7) is 7.72. The SMILES string of the molecule is C=[N+](C)CCC(C)CN. The van der Waals surface area contributed by atoms with Gasteiger partial charge in [0.05, 0.1) is 0 Å². The van der Waals surface area contributed by atoms with Gasteiger partial charge in [0, 0.05) is 6.42 Å². The van der Waals surface area contributed by atoms with Gasteiger partial charge in [-0.05, 0) is 12.5 Å². The minimum atomic E-state index is 0.634. The van der Waals surface area contributed by atoms with Crippen molar-refractivity contribution in [3.05, 3.63) is 0 Å². The molecule has 0 spiro atoms. The Balaban J connectivity index is 3.16. The molecule has 54 valence electrons. The third-order valence-corrected chi connectivity index (χ3v) is 1.41. The highest BCUT2D eigenvalue weighted by molar-refractivity contribution is 5.13. The van der Waals surface area contributed by atoms with E-state index in [2.05, 4.69) is 13.6 Å². The van der Waals surface area contributed by atoms with Crippen LogP contribution in [0.5, 0.6) is 0 Å². The third kappa shape index (κ3) is 5.50. The highest BCUT2D eigenvalue weighted by Crippen LogP contribution is 1.96. The first-order valence-electron chi connectivity index (χ1n) is 3.38. The van der Waals surface area contributed by atoms with Crippen LogP contribution in [0.2, 0.25) is 0 Å².